The van der Waals surface area contributed by atoms with E-state index in [2.05, 4.69) is 9.84 Å². The molecule has 2 aromatic rings. The third-order valence-corrected chi connectivity index (χ3v) is 3.51. The van der Waals surface area contributed by atoms with Crippen molar-refractivity contribution in [2.75, 3.05) is 18.6 Å². The Kier molecular flexibility index (Phi) is 3.25. The van der Waals surface area contributed by atoms with E-state index >= 15 is 0 Å². The third kappa shape index (κ3) is 2.20. The summed E-state index contributed by atoms with van der Waals surface area (Å²) in [6, 6.07) is 5.58. The molecule has 1 atom stereocenters. The first-order chi connectivity index (χ1) is 10.1. The van der Waals surface area contributed by atoms with Crippen molar-refractivity contribution in [1.82, 2.24) is 9.78 Å². The van der Waals surface area contributed by atoms with Crippen LogP contribution in [0.15, 0.2) is 24.4 Å². The number of carbonyl (C=O) groups excluding carboxylic acids is 2. The molecule has 0 bridgehead atoms. The van der Waals surface area contributed by atoms with Crippen LogP contribution in [0.1, 0.15) is 6.92 Å². The lowest BCUT2D eigenvalue weighted by Gasteiger charge is -2.12. The van der Waals surface area contributed by atoms with Gasteiger partial charge in [0, 0.05) is 17.6 Å². The number of methoxy groups -OCH3 is 1. The van der Waals surface area contributed by atoms with Crippen LogP contribution in [0.25, 0.3) is 10.9 Å². The molecule has 7 heteroatoms. The molecule has 0 aliphatic carbocycles. The van der Waals surface area contributed by atoms with Crippen molar-refractivity contribution in [3.05, 3.63) is 24.4 Å². The maximum absolute atomic E-state index is 11.9. The Labute approximate surface area is 121 Å². The van der Waals surface area contributed by atoms with Crippen molar-refractivity contribution in [2.24, 2.45) is 0 Å². The highest BCUT2D eigenvalue weighted by atomic mass is 16.6. The van der Waals surface area contributed by atoms with Gasteiger partial charge in [-0.05, 0) is 25.1 Å². The summed E-state index contributed by atoms with van der Waals surface area (Å²) in [5.74, 6) is -0.550. The molecule has 1 fully saturated rings. The average Bonchev–Trinajstić information content (AvgIpc) is 3.08. The summed E-state index contributed by atoms with van der Waals surface area (Å²) in [5, 5.41) is 5.20. The number of benzene rings is 1. The highest BCUT2D eigenvalue weighted by Crippen LogP contribution is 2.26. The number of fused-ring (bicyclic) bond motifs is 1. The second kappa shape index (κ2) is 5.08. The molecule has 110 valence electrons. The van der Waals surface area contributed by atoms with Crippen molar-refractivity contribution in [2.45, 2.75) is 19.6 Å². The van der Waals surface area contributed by atoms with Crippen LogP contribution >= 0.6 is 0 Å². The van der Waals surface area contributed by atoms with Crippen LogP contribution in [0.3, 0.4) is 0 Å². The fraction of sp³-hybridized carbons (Fsp3) is 0.357. The summed E-state index contributed by atoms with van der Waals surface area (Å²) >= 11 is 0. The number of anilines is 1. The first-order valence-electron chi connectivity index (χ1n) is 6.65. The van der Waals surface area contributed by atoms with Gasteiger partial charge in [0.1, 0.15) is 0 Å². The molecular formula is C14H15N3O4. The number of ether oxygens (including phenoxy) is 2. The van der Waals surface area contributed by atoms with E-state index in [1.807, 2.05) is 29.8 Å². The van der Waals surface area contributed by atoms with E-state index in [1.54, 1.807) is 6.20 Å². The minimum Gasteiger partial charge on any atom is -0.466 e. The first-order valence-corrected chi connectivity index (χ1v) is 6.65. The Morgan fingerprint density at radius 2 is 2.33 bits per heavy atom. The van der Waals surface area contributed by atoms with Crippen LogP contribution in [0, 0.1) is 0 Å². The molecule has 1 aromatic heterocycles. The lowest BCUT2D eigenvalue weighted by atomic mass is 10.2. The highest BCUT2D eigenvalue weighted by molar-refractivity contribution is 5.96. The summed E-state index contributed by atoms with van der Waals surface area (Å²) < 4.78 is 11.5. The average molecular weight is 289 g/mol. The van der Waals surface area contributed by atoms with Crippen molar-refractivity contribution < 1.29 is 19.1 Å². The Balaban J connectivity index is 1.90. The van der Waals surface area contributed by atoms with Crippen molar-refractivity contribution >= 4 is 28.7 Å². The summed E-state index contributed by atoms with van der Waals surface area (Å²) in [4.78, 5) is 24.8. The lowest BCUT2D eigenvalue weighted by Crippen LogP contribution is -2.28. The standard InChI is InChI=1S/C14H15N3O4/c1-3-17-11-5-4-10(6-9(11)7-15-17)16-8-12(13(18)20-2)21-14(16)19/h4-7,12H,3,8H2,1-2H3. The Hall–Kier alpha value is -2.57. The van der Waals surface area contributed by atoms with Gasteiger partial charge in [-0.2, -0.15) is 5.10 Å². The first kappa shape index (κ1) is 13.4. The van der Waals surface area contributed by atoms with Crippen molar-refractivity contribution in [3.63, 3.8) is 0 Å². The van der Waals surface area contributed by atoms with E-state index in [-0.39, 0.29) is 6.54 Å². The molecule has 1 unspecified atom stereocenters. The number of aryl methyl sites for hydroxylation is 1. The number of cyclic esters (lactones) is 1. The van der Waals surface area contributed by atoms with Crippen LogP contribution < -0.4 is 4.90 Å². The van der Waals surface area contributed by atoms with E-state index in [0.717, 1.165) is 17.4 Å². The van der Waals surface area contributed by atoms with Gasteiger partial charge in [-0.3, -0.25) is 9.58 Å². The highest BCUT2D eigenvalue weighted by Gasteiger charge is 2.37. The third-order valence-electron chi connectivity index (χ3n) is 3.51. The number of rotatable bonds is 3. The molecule has 0 radical (unpaired) electrons. The van der Waals surface area contributed by atoms with Crippen LogP contribution in [-0.2, 0) is 20.8 Å². The molecule has 0 N–H and O–H groups in total. The summed E-state index contributed by atoms with van der Waals surface area (Å²) in [6.07, 6.45) is 0.325. The van der Waals surface area contributed by atoms with E-state index in [9.17, 15) is 9.59 Å². The predicted molar refractivity (Wildman–Crippen MR) is 75.0 cm³/mol. The van der Waals surface area contributed by atoms with Gasteiger partial charge in [0.05, 0.1) is 25.4 Å². The normalized spacial score (nSPS) is 18.1. The molecule has 1 aromatic carbocycles. The zero-order chi connectivity index (χ0) is 15.0. The van der Waals surface area contributed by atoms with Gasteiger partial charge in [-0.15, -0.1) is 0 Å². The largest absolute Gasteiger partial charge is 0.466 e. The Morgan fingerprint density at radius 3 is 3.05 bits per heavy atom. The van der Waals surface area contributed by atoms with Gasteiger partial charge < -0.3 is 9.47 Å². The molecule has 3 rings (SSSR count). The number of nitrogens with zero attached hydrogens (tertiary/aromatic N) is 3. The van der Waals surface area contributed by atoms with Crippen LogP contribution in [0.5, 0.6) is 0 Å². The molecule has 21 heavy (non-hydrogen) atoms. The molecule has 1 aliphatic heterocycles. The van der Waals surface area contributed by atoms with Crippen LogP contribution in [0.4, 0.5) is 10.5 Å². The summed E-state index contributed by atoms with van der Waals surface area (Å²) in [6.45, 7) is 2.94. The smallest absolute Gasteiger partial charge is 0.415 e. The number of hydrogen-bond donors (Lipinski definition) is 0. The number of esters is 1. The maximum Gasteiger partial charge on any atom is 0.415 e. The van der Waals surface area contributed by atoms with Crippen molar-refractivity contribution in [1.29, 1.82) is 0 Å². The predicted octanol–water partition coefficient (Wildman–Crippen LogP) is 1.55. The number of aromatic nitrogens is 2. The zero-order valence-corrected chi connectivity index (χ0v) is 11.8. The summed E-state index contributed by atoms with van der Waals surface area (Å²) in [7, 11) is 1.27. The quantitative estimate of drug-likeness (QED) is 0.802. The van der Waals surface area contributed by atoms with Gasteiger partial charge in [0.15, 0.2) is 0 Å². The van der Waals surface area contributed by atoms with E-state index in [4.69, 9.17) is 4.74 Å². The lowest BCUT2D eigenvalue weighted by molar-refractivity contribution is -0.148. The molecule has 1 amide bonds. The van der Waals surface area contributed by atoms with Gasteiger partial charge in [0.2, 0.25) is 6.10 Å². The SMILES string of the molecule is CCn1ncc2cc(N3CC(C(=O)OC)OC3=O)ccc21. The van der Waals surface area contributed by atoms with E-state index < -0.39 is 18.2 Å². The summed E-state index contributed by atoms with van der Waals surface area (Å²) in [5.41, 5.74) is 1.67. The molecule has 1 saturated heterocycles. The van der Waals surface area contributed by atoms with Gasteiger partial charge in [0.25, 0.3) is 0 Å². The molecule has 2 heterocycles. The van der Waals surface area contributed by atoms with Gasteiger partial charge in [-0.1, -0.05) is 0 Å². The van der Waals surface area contributed by atoms with E-state index in [1.165, 1.54) is 12.0 Å². The molecule has 0 saturated carbocycles. The van der Waals surface area contributed by atoms with Gasteiger partial charge in [-0.25, -0.2) is 9.59 Å². The van der Waals surface area contributed by atoms with Gasteiger partial charge >= 0.3 is 12.1 Å². The molecule has 7 nitrogen and oxygen atoms in total. The monoisotopic (exact) mass is 289 g/mol. The number of hydrogen-bond acceptors (Lipinski definition) is 5. The van der Waals surface area contributed by atoms with Crippen LogP contribution in [-0.4, -0.2) is 41.6 Å². The minimum absolute atomic E-state index is 0.152. The second-order valence-corrected chi connectivity index (χ2v) is 4.71. The fourth-order valence-electron chi connectivity index (χ4n) is 2.42. The minimum atomic E-state index is -0.878. The fourth-order valence-corrected chi connectivity index (χ4v) is 2.42. The topological polar surface area (TPSA) is 73.7 Å². The molecule has 0 spiro atoms. The van der Waals surface area contributed by atoms with Crippen molar-refractivity contribution in [3.8, 4) is 0 Å². The number of carbonyl (C=O) groups is 2. The molecule has 1 aliphatic rings. The van der Waals surface area contributed by atoms with Crippen LogP contribution in [0.2, 0.25) is 0 Å². The maximum atomic E-state index is 11.9. The number of amides is 1. The Morgan fingerprint density at radius 1 is 1.52 bits per heavy atom. The van der Waals surface area contributed by atoms with E-state index in [0.29, 0.717) is 5.69 Å². The molecular weight excluding hydrogens is 274 g/mol. The Bertz CT molecular complexity index is 709. The second-order valence-electron chi connectivity index (χ2n) is 4.71. The zero-order valence-electron chi connectivity index (χ0n) is 11.8.